The highest BCUT2D eigenvalue weighted by Gasteiger charge is 2.55. The second-order valence-electron chi connectivity index (χ2n) is 15.0. The van der Waals surface area contributed by atoms with Crippen molar-refractivity contribution >= 4 is 34.5 Å². The van der Waals surface area contributed by atoms with E-state index in [2.05, 4.69) is 0 Å². The lowest BCUT2D eigenvalue weighted by molar-refractivity contribution is -0.384. The van der Waals surface area contributed by atoms with Crippen LogP contribution in [0.4, 0.5) is 5.69 Å². The fourth-order valence-corrected chi connectivity index (χ4v) is 8.54. The van der Waals surface area contributed by atoms with Crippen molar-refractivity contribution in [2.75, 3.05) is 6.61 Å². The number of nitro benzene ring substituents is 1. The second-order valence-corrected chi connectivity index (χ2v) is 15.0. The van der Waals surface area contributed by atoms with Crippen LogP contribution in [0.3, 0.4) is 0 Å². The van der Waals surface area contributed by atoms with Crippen LogP contribution in [0, 0.1) is 10.1 Å². The molecule has 2 fully saturated rings. The SMILES string of the molecule is CCCC1OC[C@H]2O[C@@H](OCc3cc(-c4c(O)ccc5c4Oc4cc(O)ccc4C54OC(=O)c5ccccc54)nc4ccc([N+](=O)[O-])cc34)[C@H](OC(C)=O)[C@@H](OC(C)=O)[C@@H]2O1. The number of rotatable bonds is 9. The number of benzene rings is 4. The van der Waals surface area contributed by atoms with E-state index in [1.54, 1.807) is 42.5 Å². The van der Waals surface area contributed by atoms with E-state index < -0.39 is 65.4 Å². The fraction of sp³-hybridized carbons (Fsp3) is 0.318. The minimum Gasteiger partial charge on any atom is -0.508 e. The maximum Gasteiger partial charge on any atom is 0.340 e. The minimum absolute atomic E-state index is 0.0505. The molecule has 2 unspecified atom stereocenters. The highest BCUT2D eigenvalue weighted by Crippen LogP contribution is 2.59. The lowest BCUT2D eigenvalue weighted by atomic mass is 9.76. The molecule has 5 heterocycles. The quantitative estimate of drug-likeness (QED) is 0.0706. The summed E-state index contributed by atoms with van der Waals surface area (Å²) in [6.45, 7) is 4.06. The summed E-state index contributed by atoms with van der Waals surface area (Å²) < 4.78 is 48.8. The summed E-state index contributed by atoms with van der Waals surface area (Å²) in [6, 6.07) is 19.9. The number of esters is 3. The zero-order valence-electron chi connectivity index (χ0n) is 32.9. The van der Waals surface area contributed by atoms with E-state index in [0.29, 0.717) is 39.6 Å². The van der Waals surface area contributed by atoms with Crippen molar-refractivity contribution in [3.8, 4) is 34.3 Å². The van der Waals surface area contributed by atoms with Gasteiger partial charge in [0.25, 0.3) is 5.69 Å². The van der Waals surface area contributed by atoms with Crippen LogP contribution in [0.1, 0.15) is 66.2 Å². The normalized spacial score (nSPS) is 24.7. The third-order valence-electron chi connectivity index (χ3n) is 11.1. The van der Waals surface area contributed by atoms with Gasteiger partial charge in [-0.15, -0.1) is 0 Å². The van der Waals surface area contributed by atoms with Gasteiger partial charge < -0.3 is 48.1 Å². The Morgan fingerprint density at radius 2 is 1.70 bits per heavy atom. The van der Waals surface area contributed by atoms with Gasteiger partial charge in [-0.05, 0) is 54.4 Å². The Labute approximate surface area is 346 Å². The van der Waals surface area contributed by atoms with Crippen LogP contribution in [-0.4, -0.2) is 81.6 Å². The Bertz CT molecular complexity index is 2630. The molecule has 314 valence electrons. The molecule has 0 saturated carbocycles. The summed E-state index contributed by atoms with van der Waals surface area (Å²) in [5.74, 6) is -2.18. The molecule has 5 aromatic rings. The van der Waals surface area contributed by atoms with Crippen LogP contribution in [0.2, 0.25) is 0 Å². The van der Waals surface area contributed by atoms with Gasteiger partial charge in [0.2, 0.25) is 0 Å². The molecule has 9 rings (SSSR count). The van der Waals surface area contributed by atoms with E-state index in [1.165, 1.54) is 50.2 Å². The number of nitro groups is 1. The van der Waals surface area contributed by atoms with Crippen molar-refractivity contribution in [2.45, 2.75) is 82.8 Å². The van der Waals surface area contributed by atoms with Gasteiger partial charge in [0.05, 0.1) is 40.5 Å². The van der Waals surface area contributed by atoms with Crippen LogP contribution in [0.15, 0.2) is 78.9 Å². The van der Waals surface area contributed by atoms with E-state index in [9.17, 15) is 34.7 Å². The first kappa shape index (κ1) is 39.8. The van der Waals surface area contributed by atoms with Crippen molar-refractivity contribution in [1.82, 2.24) is 4.98 Å². The summed E-state index contributed by atoms with van der Waals surface area (Å²) in [5.41, 5.74) is 0.584. The number of ether oxygens (including phenoxy) is 8. The van der Waals surface area contributed by atoms with Gasteiger partial charge in [-0.3, -0.25) is 19.7 Å². The summed E-state index contributed by atoms with van der Waals surface area (Å²) in [4.78, 5) is 54.7. The molecule has 17 nitrogen and oxygen atoms in total. The van der Waals surface area contributed by atoms with Crippen molar-refractivity contribution in [1.29, 1.82) is 0 Å². The summed E-state index contributed by atoms with van der Waals surface area (Å²) in [6.07, 6.45) is -4.84. The van der Waals surface area contributed by atoms with E-state index in [0.717, 1.165) is 6.42 Å². The molecule has 7 atom stereocenters. The smallest absolute Gasteiger partial charge is 0.340 e. The number of carbonyl (C=O) groups excluding carboxylic acids is 3. The molecule has 4 aliphatic rings. The van der Waals surface area contributed by atoms with E-state index in [1.807, 2.05) is 6.92 Å². The van der Waals surface area contributed by atoms with Gasteiger partial charge in [-0.25, -0.2) is 9.78 Å². The average Bonchev–Trinajstić information content (AvgIpc) is 3.52. The third-order valence-corrected chi connectivity index (χ3v) is 11.1. The molecule has 2 saturated heterocycles. The van der Waals surface area contributed by atoms with Crippen LogP contribution in [-0.2, 0) is 55.0 Å². The molecule has 0 radical (unpaired) electrons. The van der Waals surface area contributed by atoms with Crippen LogP contribution < -0.4 is 4.74 Å². The van der Waals surface area contributed by atoms with Crippen LogP contribution >= 0.6 is 0 Å². The lowest BCUT2D eigenvalue weighted by Crippen LogP contribution is -2.65. The predicted molar refractivity (Wildman–Crippen MR) is 209 cm³/mol. The number of aromatic nitrogens is 1. The largest absolute Gasteiger partial charge is 0.508 e. The highest BCUT2D eigenvalue weighted by molar-refractivity contribution is 5.98. The number of pyridine rings is 1. The number of phenols is 2. The zero-order chi connectivity index (χ0) is 42.7. The standard InChI is InChI=1S/C44H38N2O15/c1-4-7-36-54-20-35-39(60-36)40(56-21(2)47)41(57-22(3)48)43(59-35)55-19-23-16-32(45-31-14-10-24(46(52)53)17-27(23)31)37-33(50)15-13-30-38(37)58-34-18-25(49)11-12-29(34)44(30)28-9-6-5-8-26(28)42(51)61-44/h5-6,8-18,35-36,39-41,43,49-50H,4,7,19-20H2,1-3H3/t35-,36?,39-,40+,41-,43-,44?/m1/s1. The first-order valence-electron chi connectivity index (χ1n) is 19.5. The van der Waals surface area contributed by atoms with Crippen molar-refractivity contribution in [2.24, 2.45) is 0 Å². The Morgan fingerprint density at radius 3 is 2.48 bits per heavy atom. The zero-order valence-corrected chi connectivity index (χ0v) is 32.9. The number of carbonyl (C=O) groups is 3. The lowest BCUT2D eigenvalue weighted by Gasteiger charge is -2.48. The van der Waals surface area contributed by atoms with Crippen molar-refractivity contribution < 1.29 is 67.4 Å². The van der Waals surface area contributed by atoms with Gasteiger partial charge in [0.15, 0.2) is 30.4 Å². The van der Waals surface area contributed by atoms with Gasteiger partial charge in [-0.2, -0.15) is 0 Å². The number of hydrogen-bond acceptors (Lipinski definition) is 16. The molecule has 1 aromatic heterocycles. The maximum atomic E-state index is 13.5. The Kier molecular flexibility index (Phi) is 10.1. The number of fused-ring (bicyclic) bond motifs is 8. The second kappa shape index (κ2) is 15.4. The molecule has 0 bridgehead atoms. The minimum atomic E-state index is -1.56. The first-order valence-corrected chi connectivity index (χ1v) is 19.5. The summed E-state index contributed by atoms with van der Waals surface area (Å²) in [5, 5.41) is 34.5. The van der Waals surface area contributed by atoms with Gasteiger partial charge in [-0.1, -0.05) is 31.5 Å². The predicted octanol–water partition coefficient (Wildman–Crippen LogP) is 6.44. The molecule has 2 N–H and O–H groups in total. The topological polar surface area (TPSA) is 222 Å². The Hall–Kier alpha value is -6.66. The fourth-order valence-electron chi connectivity index (χ4n) is 8.54. The van der Waals surface area contributed by atoms with Gasteiger partial charge in [0, 0.05) is 54.1 Å². The number of non-ortho nitro benzene ring substituents is 1. The maximum absolute atomic E-state index is 13.5. The van der Waals surface area contributed by atoms with E-state index in [-0.39, 0.29) is 58.7 Å². The van der Waals surface area contributed by atoms with Crippen molar-refractivity contribution in [3.63, 3.8) is 0 Å². The molecule has 0 amide bonds. The van der Waals surface area contributed by atoms with Crippen molar-refractivity contribution in [3.05, 3.63) is 117 Å². The molecule has 4 aliphatic heterocycles. The Morgan fingerprint density at radius 1 is 0.934 bits per heavy atom. The molecular formula is C44H38N2O15. The van der Waals surface area contributed by atoms with E-state index >= 15 is 0 Å². The van der Waals surface area contributed by atoms with Gasteiger partial charge in [0.1, 0.15) is 35.2 Å². The Balaban J connectivity index is 1.16. The number of nitrogens with zero attached hydrogens (tertiary/aromatic N) is 2. The molecule has 17 heteroatoms. The number of phenolic OH excluding ortho intramolecular Hbond substituents is 2. The third kappa shape index (κ3) is 6.84. The molecule has 61 heavy (non-hydrogen) atoms. The molecule has 0 aliphatic carbocycles. The number of aromatic hydroxyl groups is 2. The number of hydrogen-bond donors (Lipinski definition) is 2. The highest BCUT2D eigenvalue weighted by atomic mass is 16.8. The summed E-state index contributed by atoms with van der Waals surface area (Å²) in [7, 11) is 0. The first-order chi connectivity index (χ1) is 29.4. The van der Waals surface area contributed by atoms with Gasteiger partial charge >= 0.3 is 17.9 Å². The monoisotopic (exact) mass is 834 g/mol. The van der Waals surface area contributed by atoms with Crippen LogP contribution in [0.25, 0.3) is 22.2 Å². The van der Waals surface area contributed by atoms with E-state index in [4.69, 9.17) is 42.9 Å². The molecule has 1 spiro atoms. The van der Waals surface area contributed by atoms with Crippen LogP contribution in [0.5, 0.6) is 23.0 Å². The summed E-state index contributed by atoms with van der Waals surface area (Å²) >= 11 is 0. The average molecular weight is 835 g/mol. The molecule has 4 aromatic carbocycles. The molecular weight excluding hydrogens is 796 g/mol.